The minimum atomic E-state index is -0.346. The Bertz CT molecular complexity index is 1060. The molecule has 2 aliphatic rings. The van der Waals surface area contributed by atoms with E-state index in [1.54, 1.807) is 37.5 Å². The fourth-order valence-corrected chi connectivity index (χ4v) is 4.39. The van der Waals surface area contributed by atoms with E-state index < -0.39 is 0 Å². The molecule has 0 atom stereocenters. The first kappa shape index (κ1) is 22.5. The maximum Gasteiger partial charge on any atom is 0.329 e. The number of carbonyl (C=O) groups excluding carboxylic acids is 2. The molecule has 32 heavy (non-hydrogen) atoms. The molecule has 3 amide bonds. The number of ether oxygens (including phenoxy) is 2. The summed E-state index contributed by atoms with van der Waals surface area (Å²) in [4.78, 5) is 26.6. The molecule has 0 spiro atoms. The molecule has 168 valence electrons. The molecule has 0 aromatic heterocycles. The van der Waals surface area contributed by atoms with Gasteiger partial charge in [0.15, 0.2) is 11.5 Å². The fraction of sp³-hybridized carbons (Fsp3) is 0.333. The molecule has 8 heteroatoms. The summed E-state index contributed by atoms with van der Waals surface area (Å²) in [5.74, 6) is 0.785. The van der Waals surface area contributed by atoms with Crippen molar-refractivity contribution in [1.82, 2.24) is 10.2 Å². The zero-order valence-electron chi connectivity index (χ0n) is 17.7. The first-order valence-electron chi connectivity index (χ1n) is 10.6. The van der Waals surface area contributed by atoms with Gasteiger partial charge in [-0.05, 0) is 54.3 Å². The van der Waals surface area contributed by atoms with E-state index >= 15 is 0 Å². The third-order valence-corrected chi connectivity index (χ3v) is 6.47. The van der Waals surface area contributed by atoms with E-state index in [1.807, 2.05) is 12.1 Å². The second-order valence-electron chi connectivity index (χ2n) is 7.90. The Morgan fingerprint density at radius 3 is 2.53 bits per heavy atom. The summed E-state index contributed by atoms with van der Waals surface area (Å²) in [5.41, 5.74) is 1.86. The lowest BCUT2D eigenvalue weighted by atomic mass is 9.94. The topological polar surface area (TPSA) is 67.9 Å². The third kappa shape index (κ3) is 4.87. The van der Waals surface area contributed by atoms with Gasteiger partial charge in [0.25, 0.3) is 5.91 Å². The van der Waals surface area contributed by atoms with Crippen LogP contribution < -0.4 is 14.8 Å². The van der Waals surface area contributed by atoms with Crippen molar-refractivity contribution in [2.24, 2.45) is 0 Å². The molecule has 1 aliphatic carbocycles. The highest BCUT2D eigenvalue weighted by atomic mass is 35.5. The van der Waals surface area contributed by atoms with Crippen molar-refractivity contribution in [3.63, 3.8) is 0 Å². The van der Waals surface area contributed by atoms with Crippen LogP contribution in [0.2, 0.25) is 10.0 Å². The molecule has 0 radical (unpaired) electrons. The average molecular weight is 475 g/mol. The summed E-state index contributed by atoms with van der Waals surface area (Å²) < 4.78 is 11.3. The highest BCUT2D eigenvalue weighted by Gasteiger charge is 2.38. The number of hydrogen-bond acceptors (Lipinski definition) is 4. The number of amides is 3. The molecule has 1 saturated carbocycles. The van der Waals surface area contributed by atoms with Gasteiger partial charge in [-0.15, -0.1) is 0 Å². The van der Waals surface area contributed by atoms with Gasteiger partial charge in [-0.2, -0.15) is 0 Å². The van der Waals surface area contributed by atoms with Crippen LogP contribution in [0.15, 0.2) is 42.1 Å². The fourth-order valence-electron chi connectivity index (χ4n) is 4.07. The van der Waals surface area contributed by atoms with E-state index in [2.05, 4.69) is 5.32 Å². The number of carbonyl (C=O) groups is 2. The molecule has 2 fully saturated rings. The van der Waals surface area contributed by atoms with E-state index in [0.29, 0.717) is 28.2 Å². The van der Waals surface area contributed by atoms with Crippen molar-refractivity contribution >= 4 is 41.2 Å². The van der Waals surface area contributed by atoms with Gasteiger partial charge in [-0.3, -0.25) is 9.69 Å². The van der Waals surface area contributed by atoms with Crippen LogP contribution in [0.25, 0.3) is 6.08 Å². The molecule has 0 bridgehead atoms. The maximum atomic E-state index is 12.8. The Balaban J connectivity index is 1.48. The molecule has 1 N–H and O–H groups in total. The lowest BCUT2D eigenvalue weighted by Crippen LogP contribution is -2.41. The van der Waals surface area contributed by atoms with Gasteiger partial charge in [0.2, 0.25) is 0 Å². The van der Waals surface area contributed by atoms with Crippen LogP contribution in [-0.2, 0) is 11.4 Å². The highest BCUT2D eigenvalue weighted by molar-refractivity contribution is 6.42. The molecule has 1 heterocycles. The van der Waals surface area contributed by atoms with Crippen molar-refractivity contribution in [2.45, 2.75) is 44.8 Å². The lowest BCUT2D eigenvalue weighted by molar-refractivity contribution is -0.124. The number of halogens is 2. The predicted molar refractivity (Wildman–Crippen MR) is 124 cm³/mol. The van der Waals surface area contributed by atoms with Crippen LogP contribution in [-0.4, -0.2) is 30.0 Å². The third-order valence-electron chi connectivity index (χ3n) is 5.73. The molecule has 1 saturated heterocycles. The summed E-state index contributed by atoms with van der Waals surface area (Å²) in [6, 6.07) is 10.3. The van der Waals surface area contributed by atoms with Crippen molar-refractivity contribution < 1.29 is 19.1 Å². The van der Waals surface area contributed by atoms with Crippen LogP contribution in [0, 0.1) is 0 Å². The number of imide groups is 1. The van der Waals surface area contributed by atoms with Crippen LogP contribution >= 0.6 is 23.2 Å². The van der Waals surface area contributed by atoms with Crippen LogP contribution in [0.1, 0.15) is 43.2 Å². The largest absolute Gasteiger partial charge is 0.493 e. The van der Waals surface area contributed by atoms with Crippen LogP contribution in [0.3, 0.4) is 0 Å². The molecule has 1 aliphatic heterocycles. The summed E-state index contributed by atoms with van der Waals surface area (Å²) >= 11 is 12.0. The van der Waals surface area contributed by atoms with Crippen molar-refractivity contribution in [3.05, 3.63) is 63.3 Å². The van der Waals surface area contributed by atoms with Gasteiger partial charge >= 0.3 is 6.03 Å². The Kier molecular flexibility index (Phi) is 6.92. The molecule has 4 rings (SSSR count). The summed E-state index contributed by atoms with van der Waals surface area (Å²) in [6.07, 6.45) is 6.63. The number of hydrogen-bond donors (Lipinski definition) is 1. The van der Waals surface area contributed by atoms with E-state index in [9.17, 15) is 9.59 Å². The zero-order chi connectivity index (χ0) is 22.7. The van der Waals surface area contributed by atoms with E-state index in [-0.39, 0.29) is 23.7 Å². The quantitative estimate of drug-likeness (QED) is 0.423. The molecule has 2 aromatic carbocycles. The summed E-state index contributed by atoms with van der Waals surface area (Å²) in [5, 5.41) is 3.66. The maximum absolute atomic E-state index is 12.8. The standard InChI is InChI=1S/C24H24Cl2N2O4/c1-31-22-13-15(8-10-21(22)32-14-16-7-9-18(25)19(26)11-16)12-20-23(29)28(24(30)27-20)17-5-3-2-4-6-17/h7-13,17H,2-6,14H2,1H3,(H,27,30)/b20-12-. The van der Waals surface area contributed by atoms with E-state index in [1.165, 1.54) is 4.90 Å². The van der Waals surface area contributed by atoms with Gasteiger partial charge in [0, 0.05) is 6.04 Å². The second kappa shape index (κ2) is 9.84. The van der Waals surface area contributed by atoms with Crippen molar-refractivity contribution in [2.75, 3.05) is 7.11 Å². The molecular formula is C24H24Cl2N2O4. The average Bonchev–Trinajstić information content (AvgIpc) is 3.08. The zero-order valence-corrected chi connectivity index (χ0v) is 19.2. The van der Waals surface area contributed by atoms with Gasteiger partial charge in [0.1, 0.15) is 12.3 Å². The molecule has 2 aromatic rings. The number of nitrogens with one attached hydrogen (secondary N) is 1. The smallest absolute Gasteiger partial charge is 0.329 e. The van der Waals surface area contributed by atoms with Crippen LogP contribution in [0.4, 0.5) is 4.79 Å². The van der Waals surface area contributed by atoms with E-state index in [0.717, 1.165) is 43.2 Å². The SMILES string of the molecule is COc1cc(/C=C2\NC(=O)N(C3CCCCC3)C2=O)ccc1OCc1ccc(Cl)c(Cl)c1. The van der Waals surface area contributed by atoms with Gasteiger partial charge in [0.05, 0.1) is 17.2 Å². The number of methoxy groups -OCH3 is 1. The van der Waals surface area contributed by atoms with Gasteiger partial charge in [-0.1, -0.05) is 54.6 Å². The van der Waals surface area contributed by atoms with Gasteiger partial charge < -0.3 is 14.8 Å². The van der Waals surface area contributed by atoms with Crippen LogP contribution in [0.5, 0.6) is 11.5 Å². The first-order chi connectivity index (χ1) is 15.5. The minimum Gasteiger partial charge on any atom is -0.493 e. The molecule has 0 unspecified atom stereocenters. The first-order valence-corrected chi connectivity index (χ1v) is 11.3. The normalized spacial score (nSPS) is 18.2. The lowest BCUT2D eigenvalue weighted by Gasteiger charge is -2.28. The monoisotopic (exact) mass is 474 g/mol. The predicted octanol–water partition coefficient (Wildman–Crippen LogP) is 5.81. The number of benzene rings is 2. The Morgan fingerprint density at radius 2 is 1.81 bits per heavy atom. The van der Waals surface area contributed by atoms with E-state index in [4.69, 9.17) is 32.7 Å². The highest BCUT2D eigenvalue weighted by Crippen LogP contribution is 2.32. The Morgan fingerprint density at radius 1 is 1.03 bits per heavy atom. The second-order valence-corrected chi connectivity index (χ2v) is 8.72. The number of rotatable bonds is 6. The summed E-state index contributed by atoms with van der Waals surface area (Å²) in [7, 11) is 1.55. The Hall–Kier alpha value is -2.70. The van der Waals surface area contributed by atoms with Crippen molar-refractivity contribution in [3.8, 4) is 11.5 Å². The summed E-state index contributed by atoms with van der Waals surface area (Å²) in [6.45, 7) is 0.290. The number of urea groups is 1. The minimum absolute atomic E-state index is 0.0196. The van der Waals surface area contributed by atoms with Gasteiger partial charge in [-0.25, -0.2) is 4.79 Å². The number of nitrogens with zero attached hydrogens (tertiary/aromatic N) is 1. The molecule has 6 nitrogen and oxygen atoms in total. The molecular weight excluding hydrogens is 451 g/mol. The Labute approximate surface area is 197 Å². The van der Waals surface area contributed by atoms with Crippen molar-refractivity contribution in [1.29, 1.82) is 0 Å².